The number of nitrogens with one attached hydrogen (secondary N) is 1. The molecule has 30 heavy (non-hydrogen) atoms. The Morgan fingerprint density at radius 3 is 2.63 bits per heavy atom. The van der Waals surface area contributed by atoms with Crippen molar-refractivity contribution in [3.63, 3.8) is 0 Å². The second-order valence-corrected chi connectivity index (χ2v) is 7.58. The highest BCUT2D eigenvalue weighted by molar-refractivity contribution is 5.80. The summed E-state index contributed by atoms with van der Waals surface area (Å²) in [7, 11) is 1.92. The number of halogens is 1. The number of hydrogen-bond donors (Lipinski definition) is 1. The minimum Gasteiger partial charge on any atom is -0.473 e. The summed E-state index contributed by atoms with van der Waals surface area (Å²) in [6.45, 7) is 5.64. The molecule has 154 valence electrons. The number of nitrogens with zero attached hydrogens (tertiary/aromatic N) is 3. The minimum atomic E-state index is -0.272. The second-order valence-electron chi connectivity index (χ2n) is 7.58. The van der Waals surface area contributed by atoms with Crippen LogP contribution in [0.2, 0.25) is 0 Å². The van der Waals surface area contributed by atoms with Crippen LogP contribution in [0.5, 0.6) is 5.88 Å². The SMILES string of the molecule is Cc1ccc2nc(OCc3cccc(F)c3)c(CNCc3cn(C)nc3C)cc2c1. The van der Waals surface area contributed by atoms with Gasteiger partial charge in [0.05, 0.1) is 11.2 Å². The van der Waals surface area contributed by atoms with Gasteiger partial charge in [0.2, 0.25) is 5.88 Å². The molecule has 0 spiro atoms. The zero-order valence-corrected chi connectivity index (χ0v) is 17.4. The van der Waals surface area contributed by atoms with E-state index in [1.54, 1.807) is 6.07 Å². The third-order valence-electron chi connectivity index (χ3n) is 5.02. The van der Waals surface area contributed by atoms with Gasteiger partial charge in [0.15, 0.2) is 0 Å². The first-order valence-corrected chi connectivity index (χ1v) is 9.95. The molecule has 0 saturated carbocycles. The van der Waals surface area contributed by atoms with Gasteiger partial charge in [0.25, 0.3) is 0 Å². The van der Waals surface area contributed by atoms with E-state index in [1.807, 2.05) is 43.0 Å². The van der Waals surface area contributed by atoms with Crippen LogP contribution in [-0.2, 0) is 26.7 Å². The van der Waals surface area contributed by atoms with Gasteiger partial charge in [-0.15, -0.1) is 0 Å². The standard InChI is InChI=1S/C24H25FN4O/c1-16-7-8-23-19(9-16)11-20(12-26-13-21-14-29(3)28-17(21)2)24(27-23)30-15-18-5-4-6-22(25)10-18/h4-11,14,26H,12-13,15H2,1-3H3. The third-order valence-corrected chi connectivity index (χ3v) is 5.02. The Balaban J connectivity index is 1.56. The number of aromatic nitrogens is 3. The Kier molecular flexibility index (Phi) is 5.77. The molecule has 0 aliphatic carbocycles. The molecule has 0 aliphatic heterocycles. The molecule has 0 saturated heterocycles. The number of hydrogen-bond acceptors (Lipinski definition) is 4. The Morgan fingerprint density at radius 1 is 1.03 bits per heavy atom. The van der Waals surface area contributed by atoms with Crippen molar-refractivity contribution in [3.8, 4) is 5.88 Å². The summed E-state index contributed by atoms with van der Waals surface area (Å²) in [6, 6.07) is 14.7. The van der Waals surface area contributed by atoms with Crippen LogP contribution in [0.4, 0.5) is 4.39 Å². The number of benzene rings is 2. The number of fused-ring (bicyclic) bond motifs is 1. The van der Waals surface area contributed by atoms with Gasteiger partial charge >= 0.3 is 0 Å². The molecule has 0 amide bonds. The van der Waals surface area contributed by atoms with Crippen molar-refractivity contribution in [1.29, 1.82) is 0 Å². The van der Waals surface area contributed by atoms with Crippen molar-refractivity contribution in [3.05, 3.63) is 88.5 Å². The summed E-state index contributed by atoms with van der Waals surface area (Å²) in [5.74, 6) is 0.290. The van der Waals surface area contributed by atoms with Crippen LogP contribution in [0, 0.1) is 19.7 Å². The van der Waals surface area contributed by atoms with E-state index >= 15 is 0 Å². The predicted molar refractivity (Wildman–Crippen MR) is 116 cm³/mol. The third kappa shape index (κ3) is 4.66. The Hall–Kier alpha value is -3.25. The summed E-state index contributed by atoms with van der Waals surface area (Å²) >= 11 is 0. The highest BCUT2D eigenvalue weighted by Gasteiger charge is 2.11. The first-order chi connectivity index (χ1) is 14.5. The van der Waals surface area contributed by atoms with E-state index in [-0.39, 0.29) is 12.4 Å². The molecule has 0 radical (unpaired) electrons. The highest BCUT2D eigenvalue weighted by Crippen LogP contribution is 2.24. The van der Waals surface area contributed by atoms with E-state index in [4.69, 9.17) is 9.72 Å². The van der Waals surface area contributed by atoms with Crippen molar-refractivity contribution in [1.82, 2.24) is 20.1 Å². The zero-order valence-electron chi connectivity index (χ0n) is 17.4. The van der Waals surface area contributed by atoms with E-state index in [0.29, 0.717) is 19.0 Å². The van der Waals surface area contributed by atoms with Crippen molar-refractivity contribution in [2.24, 2.45) is 7.05 Å². The summed E-state index contributed by atoms with van der Waals surface area (Å²) in [5, 5.41) is 8.92. The topological polar surface area (TPSA) is 52.0 Å². The number of rotatable bonds is 7. The lowest BCUT2D eigenvalue weighted by molar-refractivity contribution is 0.290. The first kappa shape index (κ1) is 20.0. The van der Waals surface area contributed by atoms with Gasteiger partial charge in [-0.1, -0.05) is 23.8 Å². The number of aryl methyl sites for hydroxylation is 3. The van der Waals surface area contributed by atoms with Crippen LogP contribution in [0.1, 0.15) is 27.9 Å². The molecule has 0 aliphatic rings. The van der Waals surface area contributed by atoms with E-state index in [2.05, 4.69) is 29.5 Å². The van der Waals surface area contributed by atoms with Crippen LogP contribution in [0.15, 0.2) is 54.7 Å². The van der Waals surface area contributed by atoms with Gasteiger partial charge in [-0.3, -0.25) is 4.68 Å². The zero-order chi connectivity index (χ0) is 21.1. The van der Waals surface area contributed by atoms with Crippen LogP contribution in [0.3, 0.4) is 0 Å². The lowest BCUT2D eigenvalue weighted by atomic mass is 10.1. The highest BCUT2D eigenvalue weighted by atomic mass is 19.1. The molecule has 0 unspecified atom stereocenters. The molecule has 0 fully saturated rings. The van der Waals surface area contributed by atoms with E-state index in [0.717, 1.165) is 33.3 Å². The van der Waals surface area contributed by atoms with Crippen molar-refractivity contribution in [2.45, 2.75) is 33.5 Å². The molecule has 6 heteroatoms. The fraction of sp³-hybridized carbons (Fsp3) is 0.250. The Morgan fingerprint density at radius 2 is 1.87 bits per heavy atom. The molecule has 2 aromatic carbocycles. The first-order valence-electron chi connectivity index (χ1n) is 9.95. The fourth-order valence-corrected chi connectivity index (χ4v) is 3.51. The maximum Gasteiger partial charge on any atom is 0.218 e. The lowest BCUT2D eigenvalue weighted by Crippen LogP contribution is -2.14. The molecule has 0 bridgehead atoms. The largest absolute Gasteiger partial charge is 0.473 e. The van der Waals surface area contributed by atoms with Crippen molar-refractivity contribution in [2.75, 3.05) is 0 Å². The summed E-state index contributed by atoms with van der Waals surface area (Å²) in [4.78, 5) is 4.73. The molecule has 5 nitrogen and oxygen atoms in total. The maximum absolute atomic E-state index is 13.5. The molecule has 0 atom stereocenters. The minimum absolute atomic E-state index is 0.261. The Bertz CT molecular complexity index is 1190. The monoisotopic (exact) mass is 404 g/mol. The van der Waals surface area contributed by atoms with Crippen LogP contribution < -0.4 is 10.1 Å². The Labute approximate surface area is 175 Å². The van der Waals surface area contributed by atoms with Crippen LogP contribution in [0.25, 0.3) is 10.9 Å². The van der Waals surface area contributed by atoms with Crippen LogP contribution >= 0.6 is 0 Å². The molecular formula is C24H25FN4O. The summed E-state index contributed by atoms with van der Waals surface area (Å²) < 4.78 is 21.3. The van der Waals surface area contributed by atoms with Gasteiger partial charge in [-0.25, -0.2) is 9.37 Å². The average molecular weight is 404 g/mol. The smallest absolute Gasteiger partial charge is 0.218 e. The average Bonchev–Trinajstić information content (AvgIpc) is 3.03. The number of pyridine rings is 1. The molecular weight excluding hydrogens is 379 g/mol. The fourth-order valence-electron chi connectivity index (χ4n) is 3.51. The lowest BCUT2D eigenvalue weighted by Gasteiger charge is -2.13. The van der Waals surface area contributed by atoms with Crippen LogP contribution in [-0.4, -0.2) is 14.8 Å². The molecule has 2 heterocycles. The number of ether oxygens (including phenoxy) is 1. The normalized spacial score (nSPS) is 11.2. The molecule has 4 aromatic rings. The van der Waals surface area contributed by atoms with E-state index in [9.17, 15) is 4.39 Å². The molecule has 2 aromatic heterocycles. The van der Waals surface area contributed by atoms with Gasteiger partial charge in [0.1, 0.15) is 12.4 Å². The van der Waals surface area contributed by atoms with Gasteiger partial charge in [-0.2, -0.15) is 5.10 Å². The van der Waals surface area contributed by atoms with Gasteiger partial charge < -0.3 is 10.1 Å². The van der Waals surface area contributed by atoms with E-state index < -0.39 is 0 Å². The van der Waals surface area contributed by atoms with Gasteiger partial charge in [-0.05, 0) is 49.7 Å². The predicted octanol–water partition coefficient (Wildman–Crippen LogP) is 4.59. The van der Waals surface area contributed by atoms with E-state index in [1.165, 1.54) is 17.7 Å². The van der Waals surface area contributed by atoms with Gasteiger partial charge in [0, 0.05) is 42.8 Å². The molecule has 1 N–H and O–H groups in total. The van der Waals surface area contributed by atoms with Crippen molar-refractivity contribution < 1.29 is 9.13 Å². The summed E-state index contributed by atoms with van der Waals surface area (Å²) in [5.41, 5.74) is 5.96. The maximum atomic E-state index is 13.5. The summed E-state index contributed by atoms with van der Waals surface area (Å²) in [6.07, 6.45) is 2.02. The quantitative estimate of drug-likeness (QED) is 0.489. The van der Waals surface area contributed by atoms with Crippen molar-refractivity contribution >= 4 is 10.9 Å². The second kappa shape index (κ2) is 8.63. The molecule has 4 rings (SSSR count).